The van der Waals surface area contributed by atoms with Gasteiger partial charge in [-0.25, -0.2) is 4.79 Å². The fourth-order valence-corrected chi connectivity index (χ4v) is 2.73. The number of aromatic hydroxyl groups is 1. The summed E-state index contributed by atoms with van der Waals surface area (Å²) in [6, 6.07) is 6.66. The number of likely N-dealkylation sites (tertiary alicyclic amines) is 1. The zero-order valence-corrected chi connectivity index (χ0v) is 13.9. The summed E-state index contributed by atoms with van der Waals surface area (Å²) in [4.78, 5) is 25.9. The molecule has 23 heavy (non-hydrogen) atoms. The van der Waals surface area contributed by atoms with Crippen molar-refractivity contribution in [1.29, 1.82) is 0 Å². The van der Waals surface area contributed by atoms with Crippen LogP contribution in [0.3, 0.4) is 0 Å². The molecular formula is C17H23NO5. The lowest BCUT2D eigenvalue weighted by molar-refractivity contribution is -0.145. The van der Waals surface area contributed by atoms with Crippen LogP contribution in [0.1, 0.15) is 32.3 Å². The van der Waals surface area contributed by atoms with Gasteiger partial charge in [-0.15, -0.1) is 0 Å². The van der Waals surface area contributed by atoms with E-state index in [1.165, 1.54) is 12.0 Å². The van der Waals surface area contributed by atoms with Gasteiger partial charge in [0.15, 0.2) is 0 Å². The van der Waals surface area contributed by atoms with Gasteiger partial charge in [0.05, 0.1) is 13.0 Å². The van der Waals surface area contributed by atoms with Gasteiger partial charge in [-0.05, 0) is 38.5 Å². The van der Waals surface area contributed by atoms with Crippen molar-refractivity contribution < 1.29 is 24.2 Å². The van der Waals surface area contributed by atoms with Crippen molar-refractivity contribution in [3.63, 3.8) is 0 Å². The van der Waals surface area contributed by atoms with Gasteiger partial charge in [0, 0.05) is 19.0 Å². The first-order chi connectivity index (χ1) is 10.7. The van der Waals surface area contributed by atoms with E-state index in [1.54, 1.807) is 45.0 Å². The molecule has 1 N–H and O–H groups in total. The number of carbonyl (C=O) groups is 2. The number of phenolic OH excluding ortho intramolecular Hbond substituents is 1. The van der Waals surface area contributed by atoms with Crippen LogP contribution < -0.4 is 0 Å². The maximum Gasteiger partial charge on any atom is 0.410 e. The Labute approximate surface area is 136 Å². The number of ether oxygens (including phenoxy) is 2. The molecule has 1 aromatic carbocycles. The maximum atomic E-state index is 12.3. The first-order valence-electron chi connectivity index (χ1n) is 7.56. The van der Waals surface area contributed by atoms with Crippen LogP contribution in [0.25, 0.3) is 0 Å². The first kappa shape index (κ1) is 17.1. The lowest BCUT2D eigenvalue weighted by atomic mass is 9.89. The molecular weight excluding hydrogens is 298 g/mol. The van der Waals surface area contributed by atoms with E-state index in [0.717, 1.165) is 5.56 Å². The number of benzene rings is 1. The smallest absolute Gasteiger partial charge is 0.410 e. The molecule has 1 saturated heterocycles. The van der Waals surface area contributed by atoms with Crippen molar-refractivity contribution in [1.82, 2.24) is 4.90 Å². The molecule has 1 amide bonds. The molecule has 126 valence electrons. The second-order valence-electron chi connectivity index (χ2n) is 6.71. The zero-order valence-electron chi connectivity index (χ0n) is 13.9. The summed E-state index contributed by atoms with van der Waals surface area (Å²) in [7, 11) is 1.34. The summed E-state index contributed by atoms with van der Waals surface area (Å²) in [5.41, 5.74) is 0.290. The third-order valence-corrected chi connectivity index (χ3v) is 3.80. The molecule has 1 fully saturated rings. The fraction of sp³-hybridized carbons (Fsp3) is 0.529. The molecule has 0 aromatic heterocycles. The molecule has 1 aromatic rings. The standard InChI is InChI=1S/C17H23NO5/c1-17(2,3)23-16(21)18-9-13(14(10-18)15(20)22-4)11-5-7-12(19)8-6-11/h5-8,13-14,19H,9-10H2,1-4H3/t13-,14+/m1/s1. The van der Waals surface area contributed by atoms with Crippen LogP contribution in [0.5, 0.6) is 5.75 Å². The minimum absolute atomic E-state index is 0.158. The van der Waals surface area contributed by atoms with Gasteiger partial charge in [-0.2, -0.15) is 0 Å². The highest BCUT2D eigenvalue weighted by atomic mass is 16.6. The second kappa shape index (κ2) is 6.48. The van der Waals surface area contributed by atoms with Crippen LogP contribution in [0.4, 0.5) is 4.79 Å². The van der Waals surface area contributed by atoms with E-state index < -0.39 is 17.6 Å². The molecule has 0 spiro atoms. The normalized spacial score (nSPS) is 21.1. The molecule has 6 heteroatoms. The highest BCUT2D eigenvalue weighted by molar-refractivity contribution is 5.77. The Morgan fingerprint density at radius 1 is 1.17 bits per heavy atom. The lowest BCUT2D eigenvalue weighted by Gasteiger charge is -2.24. The molecule has 0 unspecified atom stereocenters. The first-order valence-corrected chi connectivity index (χ1v) is 7.56. The van der Waals surface area contributed by atoms with Gasteiger partial charge in [0.1, 0.15) is 11.4 Å². The van der Waals surface area contributed by atoms with Gasteiger partial charge in [-0.1, -0.05) is 12.1 Å². The summed E-state index contributed by atoms with van der Waals surface area (Å²) < 4.78 is 10.3. The predicted octanol–water partition coefficient (Wildman–Crippen LogP) is 2.52. The largest absolute Gasteiger partial charge is 0.508 e. The van der Waals surface area contributed by atoms with E-state index in [9.17, 15) is 14.7 Å². The Kier molecular flexibility index (Phi) is 4.82. The highest BCUT2D eigenvalue weighted by Crippen LogP contribution is 2.34. The number of rotatable bonds is 2. The Bertz CT molecular complexity index is 576. The van der Waals surface area contributed by atoms with Gasteiger partial charge in [-0.3, -0.25) is 4.79 Å². The molecule has 6 nitrogen and oxygen atoms in total. The van der Waals surface area contributed by atoms with E-state index in [-0.39, 0.29) is 24.2 Å². The van der Waals surface area contributed by atoms with Crippen LogP contribution in [-0.4, -0.2) is 47.9 Å². The zero-order chi connectivity index (χ0) is 17.2. The van der Waals surface area contributed by atoms with Crippen LogP contribution >= 0.6 is 0 Å². The molecule has 0 bridgehead atoms. The number of amides is 1. The van der Waals surface area contributed by atoms with E-state index in [2.05, 4.69) is 0 Å². The Morgan fingerprint density at radius 2 is 1.78 bits per heavy atom. The number of nitrogens with zero attached hydrogens (tertiary/aromatic N) is 1. The highest BCUT2D eigenvalue weighted by Gasteiger charge is 2.42. The lowest BCUT2D eigenvalue weighted by Crippen LogP contribution is -2.36. The average molecular weight is 321 g/mol. The van der Waals surface area contributed by atoms with Gasteiger partial charge < -0.3 is 19.5 Å². The molecule has 0 radical (unpaired) electrons. The van der Waals surface area contributed by atoms with Crippen LogP contribution in [0, 0.1) is 5.92 Å². The molecule has 1 aliphatic heterocycles. The second-order valence-corrected chi connectivity index (χ2v) is 6.71. The third kappa shape index (κ3) is 4.15. The molecule has 1 heterocycles. The van der Waals surface area contributed by atoms with Crippen molar-refractivity contribution in [2.75, 3.05) is 20.2 Å². The topological polar surface area (TPSA) is 76.1 Å². The molecule has 2 atom stereocenters. The van der Waals surface area contributed by atoms with Crippen molar-refractivity contribution in [3.05, 3.63) is 29.8 Å². The van der Waals surface area contributed by atoms with Crippen molar-refractivity contribution >= 4 is 12.1 Å². The van der Waals surface area contributed by atoms with Crippen molar-refractivity contribution in [2.45, 2.75) is 32.3 Å². The monoisotopic (exact) mass is 321 g/mol. The van der Waals surface area contributed by atoms with Crippen molar-refractivity contribution in [2.24, 2.45) is 5.92 Å². The molecule has 2 rings (SSSR count). The summed E-state index contributed by atoms with van der Waals surface area (Å²) in [6.45, 7) is 6.04. The number of esters is 1. The Morgan fingerprint density at radius 3 is 2.30 bits per heavy atom. The number of methoxy groups -OCH3 is 1. The van der Waals surface area contributed by atoms with Gasteiger partial charge in [0.2, 0.25) is 0 Å². The quantitative estimate of drug-likeness (QED) is 0.847. The van der Waals surface area contributed by atoms with E-state index in [4.69, 9.17) is 9.47 Å². The van der Waals surface area contributed by atoms with Crippen LogP contribution in [0.2, 0.25) is 0 Å². The Hall–Kier alpha value is -2.24. The van der Waals surface area contributed by atoms with Crippen LogP contribution in [0.15, 0.2) is 24.3 Å². The Balaban J connectivity index is 2.20. The van der Waals surface area contributed by atoms with Gasteiger partial charge in [0.25, 0.3) is 0 Å². The molecule has 1 aliphatic rings. The minimum atomic E-state index is -0.589. The van der Waals surface area contributed by atoms with Crippen molar-refractivity contribution in [3.8, 4) is 5.75 Å². The average Bonchev–Trinajstić information content (AvgIpc) is 2.91. The van der Waals surface area contributed by atoms with E-state index in [0.29, 0.717) is 6.54 Å². The summed E-state index contributed by atoms with van der Waals surface area (Å²) >= 11 is 0. The summed E-state index contributed by atoms with van der Waals surface area (Å²) in [5, 5.41) is 9.41. The van der Waals surface area contributed by atoms with Gasteiger partial charge >= 0.3 is 12.1 Å². The number of carbonyl (C=O) groups excluding carboxylic acids is 2. The SMILES string of the molecule is COC(=O)[C@H]1CN(C(=O)OC(C)(C)C)C[C@@H]1c1ccc(O)cc1. The number of phenols is 1. The molecule has 0 aliphatic carbocycles. The minimum Gasteiger partial charge on any atom is -0.508 e. The maximum absolute atomic E-state index is 12.3. The van der Waals surface area contributed by atoms with E-state index in [1.807, 2.05) is 0 Å². The molecule has 0 saturated carbocycles. The number of hydrogen-bond acceptors (Lipinski definition) is 5. The predicted molar refractivity (Wildman–Crippen MR) is 84.2 cm³/mol. The third-order valence-electron chi connectivity index (χ3n) is 3.80. The van der Waals surface area contributed by atoms with Crippen LogP contribution in [-0.2, 0) is 14.3 Å². The number of hydrogen-bond donors (Lipinski definition) is 1. The van der Waals surface area contributed by atoms with E-state index >= 15 is 0 Å². The summed E-state index contributed by atoms with van der Waals surface area (Å²) in [5.74, 6) is -0.827. The summed E-state index contributed by atoms with van der Waals surface area (Å²) in [6.07, 6.45) is -0.437. The fourth-order valence-electron chi connectivity index (χ4n) is 2.73.